The van der Waals surface area contributed by atoms with Crippen LogP contribution in [-0.4, -0.2) is 23.6 Å². The molecule has 2 N–H and O–H groups in total. The molecule has 0 saturated heterocycles. The van der Waals surface area contributed by atoms with Gasteiger partial charge in [-0.2, -0.15) is 0 Å². The van der Waals surface area contributed by atoms with Gasteiger partial charge in [-0.15, -0.1) is 0 Å². The lowest BCUT2D eigenvalue weighted by molar-refractivity contribution is -0.134. The number of amides is 1. The molecular weight excluding hydrogens is 258 g/mol. The maximum atomic E-state index is 11.0. The van der Waals surface area contributed by atoms with Crippen molar-refractivity contribution < 1.29 is 19.4 Å². The number of rotatable bonds is 7. The molecule has 5 heteroatoms. The van der Waals surface area contributed by atoms with E-state index >= 15 is 0 Å². The Labute approximate surface area is 118 Å². The molecule has 0 radical (unpaired) electrons. The average Bonchev–Trinajstić information content (AvgIpc) is 2.39. The number of ether oxygens (including phenoxy) is 1. The summed E-state index contributed by atoms with van der Waals surface area (Å²) in [5.74, 6) is -0.853. The van der Waals surface area contributed by atoms with Crippen LogP contribution in [0.3, 0.4) is 0 Å². The summed E-state index contributed by atoms with van der Waals surface area (Å²) < 4.78 is 5.51. The van der Waals surface area contributed by atoms with Gasteiger partial charge >= 0.3 is 5.97 Å². The number of unbranched alkanes of at least 4 members (excludes halogenated alkanes) is 1. The molecule has 0 aromatic heterocycles. The molecule has 0 saturated carbocycles. The number of aliphatic carboxylic acids is 1. The Morgan fingerprint density at radius 3 is 2.45 bits per heavy atom. The molecule has 0 aliphatic heterocycles. The molecule has 1 aromatic rings. The van der Waals surface area contributed by atoms with E-state index in [2.05, 4.69) is 12.2 Å². The highest BCUT2D eigenvalue weighted by Gasteiger charge is 2.08. The van der Waals surface area contributed by atoms with E-state index in [-0.39, 0.29) is 5.70 Å². The van der Waals surface area contributed by atoms with Crippen LogP contribution in [0.2, 0.25) is 0 Å². The Hall–Kier alpha value is -2.30. The van der Waals surface area contributed by atoms with Crippen molar-refractivity contribution >= 4 is 18.0 Å². The Bertz CT molecular complexity index is 491. The second kappa shape index (κ2) is 7.99. The number of carbonyl (C=O) groups excluding carboxylic acids is 1. The lowest BCUT2D eigenvalue weighted by Crippen LogP contribution is -2.24. The topological polar surface area (TPSA) is 75.6 Å². The fourth-order valence-electron chi connectivity index (χ4n) is 1.50. The van der Waals surface area contributed by atoms with Gasteiger partial charge in [0, 0.05) is 6.92 Å². The van der Waals surface area contributed by atoms with Crippen molar-refractivity contribution in [1.82, 2.24) is 5.32 Å². The van der Waals surface area contributed by atoms with E-state index in [0.717, 1.165) is 18.6 Å². The largest absolute Gasteiger partial charge is 0.494 e. The minimum atomic E-state index is -1.18. The summed E-state index contributed by atoms with van der Waals surface area (Å²) in [7, 11) is 0. The monoisotopic (exact) mass is 277 g/mol. The van der Waals surface area contributed by atoms with Crippen LogP contribution in [0.4, 0.5) is 0 Å². The van der Waals surface area contributed by atoms with Crippen LogP contribution in [-0.2, 0) is 9.59 Å². The zero-order valence-corrected chi connectivity index (χ0v) is 11.7. The zero-order valence-electron chi connectivity index (χ0n) is 11.7. The van der Waals surface area contributed by atoms with Gasteiger partial charge in [-0.3, -0.25) is 4.79 Å². The molecule has 1 rings (SSSR count). The third kappa shape index (κ3) is 5.56. The van der Waals surface area contributed by atoms with Crippen LogP contribution >= 0.6 is 0 Å². The molecular formula is C15H19NO4. The van der Waals surface area contributed by atoms with Gasteiger partial charge in [-0.05, 0) is 30.2 Å². The maximum Gasteiger partial charge on any atom is 0.352 e. The zero-order chi connectivity index (χ0) is 15.0. The van der Waals surface area contributed by atoms with Crippen molar-refractivity contribution in [1.29, 1.82) is 0 Å². The molecule has 0 aliphatic carbocycles. The molecule has 1 amide bonds. The van der Waals surface area contributed by atoms with Gasteiger partial charge in [0.05, 0.1) is 6.61 Å². The second-order valence-corrected chi connectivity index (χ2v) is 4.32. The average molecular weight is 277 g/mol. The minimum absolute atomic E-state index is 0.155. The van der Waals surface area contributed by atoms with E-state index < -0.39 is 11.9 Å². The molecule has 0 atom stereocenters. The van der Waals surface area contributed by atoms with Crippen LogP contribution in [0.1, 0.15) is 32.3 Å². The van der Waals surface area contributed by atoms with Gasteiger partial charge in [-0.25, -0.2) is 4.79 Å². The normalized spacial score (nSPS) is 11.0. The van der Waals surface area contributed by atoms with Gasteiger partial charge < -0.3 is 15.2 Å². The lowest BCUT2D eigenvalue weighted by Gasteiger charge is -2.06. The molecule has 5 nitrogen and oxygen atoms in total. The van der Waals surface area contributed by atoms with Gasteiger partial charge in [0.15, 0.2) is 0 Å². The second-order valence-electron chi connectivity index (χ2n) is 4.32. The maximum absolute atomic E-state index is 11.0. The van der Waals surface area contributed by atoms with Gasteiger partial charge in [0.25, 0.3) is 0 Å². The number of carboxylic acids is 1. The predicted octanol–water partition coefficient (Wildman–Crippen LogP) is 2.43. The van der Waals surface area contributed by atoms with E-state index in [9.17, 15) is 9.59 Å². The molecule has 0 heterocycles. The first-order valence-corrected chi connectivity index (χ1v) is 6.48. The summed E-state index contributed by atoms with van der Waals surface area (Å²) in [6, 6.07) is 7.03. The third-order valence-electron chi connectivity index (χ3n) is 2.50. The number of nitrogens with one attached hydrogen (secondary N) is 1. The number of hydrogen-bond donors (Lipinski definition) is 2. The molecule has 1 aromatic carbocycles. The molecule has 0 bridgehead atoms. The van der Waals surface area contributed by atoms with E-state index in [0.29, 0.717) is 12.2 Å². The van der Waals surface area contributed by atoms with Crippen molar-refractivity contribution in [2.24, 2.45) is 0 Å². The first-order valence-electron chi connectivity index (χ1n) is 6.48. The number of carbonyl (C=O) groups is 2. The fraction of sp³-hybridized carbons (Fsp3) is 0.333. The van der Waals surface area contributed by atoms with Gasteiger partial charge in [0.1, 0.15) is 11.4 Å². The Morgan fingerprint density at radius 1 is 1.30 bits per heavy atom. The molecule has 108 valence electrons. The summed E-state index contributed by atoms with van der Waals surface area (Å²) in [6.45, 7) is 4.02. The highest BCUT2D eigenvalue weighted by atomic mass is 16.5. The van der Waals surface area contributed by atoms with E-state index in [1.165, 1.54) is 13.0 Å². The van der Waals surface area contributed by atoms with Crippen LogP contribution in [0.5, 0.6) is 5.75 Å². The predicted molar refractivity (Wildman–Crippen MR) is 76.3 cm³/mol. The minimum Gasteiger partial charge on any atom is -0.494 e. The van der Waals surface area contributed by atoms with Crippen molar-refractivity contribution in [3.8, 4) is 5.75 Å². The number of hydrogen-bond acceptors (Lipinski definition) is 3. The number of benzene rings is 1. The van der Waals surface area contributed by atoms with Crippen molar-refractivity contribution in [2.75, 3.05) is 6.61 Å². The molecule has 0 aliphatic rings. The molecule has 20 heavy (non-hydrogen) atoms. The first-order chi connectivity index (χ1) is 9.52. The van der Waals surface area contributed by atoms with Crippen molar-refractivity contribution in [2.45, 2.75) is 26.7 Å². The highest BCUT2D eigenvalue weighted by Crippen LogP contribution is 2.14. The van der Waals surface area contributed by atoms with E-state index in [4.69, 9.17) is 9.84 Å². The van der Waals surface area contributed by atoms with Crippen LogP contribution < -0.4 is 10.1 Å². The molecule has 0 spiro atoms. The van der Waals surface area contributed by atoms with Gasteiger partial charge in [0.2, 0.25) is 5.91 Å². The fourth-order valence-corrected chi connectivity index (χ4v) is 1.50. The highest BCUT2D eigenvalue weighted by molar-refractivity contribution is 5.96. The van der Waals surface area contributed by atoms with E-state index in [1.54, 1.807) is 24.3 Å². The summed E-state index contributed by atoms with van der Waals surface area (Å²) in [5, 5.41) is 11.2. The Balaban J connectivity index is 2.75. The standard InChI is InChI=1S/C15H19NO4/c1-3-4-9-20-13-7-5-12(6-8-13)10-14(15(18)19)16-11(2)17/h5-8,10H,3-4,9H2,1-2H3,(H,16,17)(H,18,19). The van der Waals surface area contributed by atoms with Crippen LogP contribution in [0.15, 0.2) is 30.0 Å². The smallest absolute Gasteiger partial charge is 0.352 e. The Kier molecular flexibility index (Phi) is 6.29. The lowest BCUT2D eigenvalue weighted by atomic mass is 10.2. The third-order valence-corrected chi connectivity index (χ3v) is 2.50. The number of carboxylic acid groups (broad SMARTS) is 1. The first kappa shape index (κ1) is 15.8. The molecule has 0 fully saturated rings. The summed E-state index contributed by atoms with van der Waals surface area (Å²) in [4.78, 5) is 21.9. The SMILES string of the molecule is CCCCOc1ccc(C=C(NC(C)=O)C(=O)O)cc1. The van der Waals surface area contributed by atoms with Crippen LogP contribution in [0, 0.1) is 0 Å². The van der Waals surface area contributed by atoms with Crippen molar-refractivity contribution in [3.05, 3.63) is 35.5 Å². The summed E-state index contributed by atoms with van der Waals surface area (Å²) in [6.07, 6.45) is 3.46. The van der Waals surface area contributed by atoms with E-state index in [1.807, 2.05) is 0 Å². The molecule has 0 unspecified atom stereocenters. The Morgan fingerprint density at radius 2 is 1.95 bits per heavy atom. The quantitative estimate of drug-likeness (QED) is 0.593. The van der Waals surface area contributed by atoms with Gasteiger partial charge in [-0.1, -0.05) is 25.5 Å². The van der Waals surface area contributed by atoms with Crippen molar-refractivity contribution in [3.63, 3.8) is 0 Å². The summed E-state index contributed by atoms with van der Waals surface area (Å²) >= 11 is 0. The summed E-state index contributed by atoms with van der Waals surface area (Å²) in [5.41, 5.74) is 0.524. The van der Waals surface area contributed by atoms with Crippen LogP contribution in [0.25, 0.3) is 6.08 Å².